The first-order chi connectivity index (χ1) is 30.5. The minimum atomic E-state index is -0.725. The number of nitrogens with one attached hydrogen (secondary N) is 4. The molecule has 2 unspecified atom stereocenters. The standard InChI is InChI=1S/C48H62N8O7/c1-7-31(3)55(46(58)44(51-33(5)57)38-19-23-62-24-20-38)29-42-49-27-40(52-42)36-15-11-34(12-16-36)9-10-35-13-17-37(18-14-35)41-28-50-43(53-41)30-56(32(4)8-2)47(59)45(54-48(60)61-6)39-21-25-63-26-22-39/h11-18,27-28,31-32,38-39,44-45H,7-8,19-26,29-30H2,1-6H3,(H,49,52)(H,50,53)(H,51,57)(H,54,60)/t31-,32-,44?,45?/m1/s1. The summed E-state index contributed by atoms with van der Waals surface area (Å²) in [7, 11) is 1.30. The highest BCUT2D eigenvalue weighted by atomic mass is 16.5. The topological polar surface area (TPSA) is 184 Å². The van der Waals surface area contributed by atoms with Crippen LogP contribution in [0.25, 0.3) is 22.5 Å². The van der Waals surface area contributed by atoms with Crippen LogP contribution in [0.1, 0.15) is 95.9 Å². The van der Waals surface area contributed by atoms with E-state index in [1.165, 1.54) is 14.0 Å². The van der Waals surface area contributed by atoms with Crippen molar-refractivity contribution in [1.82, 2.24) is 40.4 Å². The molecule has 6 rings (SSSR count). The van der Waals surface area contributed by atoms with Crippen LogP contribution in [0.15, 0.2) is 60.9 Å². The summed E-state index contributed by atoms with van der Waals surface area (Å²) in [5.41, 5.74) is 5.22. The summed E-state index contributed by atoms with van der Waals surface area (Å²) in [6, 6.07) is 14.3. The molecule has 2 aromatic carbocycles. The molecule has 4 atom stereocenters. The second kappa shape index (κ2) is 22.4. The third-order valence-electron chi connectivity index (χ3n) is 12.3. The number of carbonyl (C=O) groups is 4. The Morgan fingerprint density at radius 3 is 1.46 bits per heavy atom. The van der Waals surface area contributed by atoms with Crippen LogP contribution in [0.5, 0.6) is 0 Å². The van der Waals surface area contributed by atoms with Gasteiger partial charge in [-0.3, -0.25) is 14.4 Å². The summed E-state index contributed by atoms with van der Waals surface area (Å²) < 4.78 is 15.9. The maximum absolute atomic E-state index is 14.1. The number of alkyl carbamates (subject to hydrolysis) is 1. The molecule has 0 spiro atoms. The quantitative estimate of drug-likeness (QED) is 0.0953. The fraction of sp³-hybridized carbons (Fsp3) is 0.500. The lowest BCUT2D eigenvalue weighted by Gasteiger charge is -2.36. The molecular weight excluding hydrogens is 801 g/mol. The van der Waals surface area contributed by atoms with Crippen molar-refractivity contribution in [3.63, 3.8) is 0 Å². The number of aromatic nitrogens is 4. The second-order valence-electron chi connectivity index (χ2n) is 16.5. The molecule has 2 saturated heterocycles. The Morgan fingerprint density at radius 1 is 0.698 bits per heavy atom. The van der Waals surface area contributed by atoms with Gasteiger partial charge in [-0.15, -0.1) is 0 Å². The van der Waals surface area contributed by atoms with Crippen molar-refractivity contribution in [1.29, 1.82) is 0 Å². The molecule has 0 radical (unpaired) electrons. The van der Waals surface area contributed by atoms with Gasteiger partial charge in [-0.05, 0) is 99.6 Å². The average molecular weight is 863 g/mol. The number of H-pyrrole nitrogens is 2. The summed E-state index contributed by atoms with van der Waals surface area (Å²) in [5, 5.41) is 5.73. The fourth-order valence-corrected chi connectivity index (χ4v) is 8.08. The van der Waals surface area contributed by atoms with Crippen molar-refractivity contribution in [2.75, 3.05) is 33.5 Å². The molecule has 2 aliphatic rings. The van der Waals surface area contributed by atoms with Gasteiger partial charge in [0, 0.05) is 56.6 Å². The number of carbonyl (C=O) groups excluding carboxylic acids is 4. The largest absolute Gasteiger partial charge is 0.453 e. The van der Waals surface area contributed by atoms with E-state index >= 15 is 0 Å². The zero-order valence-corrected chi connectivity index (χ0v) is 37.4. The SMILES string of the molecule is CC[C@@H](C)N(Cc1ncc(-c2ccc(C#Cc3ccc(-c4cnc(CN(C(=O)C(NC(=O)OC)C5CCOCC5)[C@H](C)CC)[nH]4)cc3)cc2)[nH]1)C(=O)C(NC(C)=O)C1CCOCC1. The zero-order valence-electron chi connectivity index (χ0n) is 37.4. The predicted molar refractivity (Wildman–Crippen MR) is 239 cm³/mol. The molecule has 4 amide bonds. The first kappa shape index (κ1) is 46.5. The summed E-state index contributed by atoms with van der Waals surface area (Å²) in [6.07, 6.45) is 7.20. The molecule has 4 aromatic rings. The lowest BCUT2D eigenvalue weighted by Crippen LogP contribution is -2.55. The molecule has 2 aromatic heterocycles. The molecule has 15 heteroatoms. The van der Waals surface area contributed by atoms with E-state index in [0.29, 0.717) is 57.5 Å². The van der Waals surface area contributed by atoms with Crippen molar-refractivity contribution < 1.29 is 33.4 Å². The maximum Gasteiger partial charge on any atom is 0.407 e. The highest BCUT2D eigenvalue weighted by Gasteiger charge is 2.37. The highest BCUT2D eigenvalue weighted by molar-refractivity contribution is 5.88. The van der Waals surface area contributed by atoms with Crippen molar-refractivity contribution in [2.24, 2.45) is 11.8 Å². The molecule has 15 nitrogen and oxygen atoms in total. The van der Waals surface area contributed by atoms with Gasteiger partial charge in [-0.25, -0.2) is 14.8 Å². The molecule has 336 valence electrons. The van der Waals surface area contributed by atoms with E-state index in [1.54, 1.807) is 17.3 Å². The second-order valence-corrected chi connectivity index (χ2v) is 16.5. The van der Waals surface area contributed by atoms with E-state index in [4.69, 9.17) is 14.2 Å². The smallest absolute Gasteiger partial charge is 0.407 e. The number of ether oxygens (including phenoxy) is 3. The Kier molecular flexibility index (Phi) is 16.5. The molecular formula is C48H62N8O7. The third kappa shape index (κ3) is 12.4. The average Bonchev–Trinajstić information content (AvgIpc) is 4.00. The van der Waals surface area contributed by atoms with Gasteiger partial charge in [0.05, 0.1) is 44.0 Å². The van der Waals surface area contributed by atoms with Crippen LogP contribution in [0.3, 0.4) is 0 Å². The molecule has 63 heavy (non-hydrogen) atoms. The molecule has 2 fully saturated rings. The van der Waals surface area contributed by atoms with E-state index in [0.717, 1.165) is 59.3 Å². The lowest BCUT2D eigenvalue weighted by atomic mass is 9.90. The Bertz CT molecular complexity index is 2200. The summed E-state index contributed by atoms with van der Waals surface area (Å²) in [5.74, 6) is 7.30. The van der Waals surface area contributed by atoms with Crippen LogP contribution < -0.4 is 10.6 Å². The molecule has 0 aliphatic carbocycles. The lowest BCUT2D eigenvalue weighted by molar-refractivity contribution is -0.141. The van der Waals surface area contributed by atoms with Gasteiger partial charge in [0.2, 0.25) is 17.7 Å². The van der Waals surface area contributed by atoms with Crippen LogP contribution in [0, 0.1) is 23.7 Å². The van der Waals surface area contributed by atoms with Crippen molar-refractivity contribution in [3.8, 4) is 34.4 Å². The van der Waals surface area contributed by atoms with Crippen molar-refractivity contribution in [2.45, 2.75) is 110 Å². The van der Waals surface area contributed by atoms with E-state index in [2.05, 4.69) is 42.4 Å². The summed E-state index contributed by atoms with van der Waals surface area (Å²) >= 11 is 0. The predicted octanol–water partition coefficient (Wildman–Crippen LogP) is 6.20. The number of imidazole rings is 2. The molecule has 2 aliphatic heterocycles. The minimum absolute atomic E-state index is 0.0187. The molecule has 4 heterocycles. The van der Waals surface area contributed by atoms with E-state index in [9.17, 15) is 19.2 Å². The van der Waals surface area contributed by atoms with Crippen LogP contribution in [0.4, 0.5) is 4.79 Å². The van der Waals surface area contributed by atoms with Crippen molar-refractivity contribution >= 4 is 23.8 Å². The molecule has 0 bridgehead atoms. The van der Waals surface area contributed by atoms with Crippen LogP contribution >= 0.6 is 0 Å². The van der Waals surface area contributed by atoms with Gasteiger partial charge < -0.3 is 44.6 Å². The Hall–Kier alpha value is -5.98. The van der Waals surface area contributed by atoms with Gasteiger partial charge in [0.25, 0.3) is 0 Å². The number of rotatable bonds is 16. The van der Waals surface area contributed by atoms with Crippen LogP contribution in [0.2, 0.25) is 0 Å². The Morgan fingerprint density at radius 2 is 1.10 bits per heavy atom. The molecule has 0 saturated carbocycles. The number of aromatic amines is 2. The number of hydrogen-bond donors (Lipinski definition) is 4. The summed E-state index contributed by atoms with van der Waals surface area (Å²) in [4.78, 5) is 72.1. The molecule has 4 N–H and O–H groups in total. The Balaban J connectivity index is 1.08. The normalized spacial score (nSPS) is 16.4. The van der Waals surface area contributed by atoms with Gasteiger partial charge in [0.15, 0.2) is 0 Å². The van der Waals surface area contributed by atoms with Crippen LogP contribution in [-0.4, -0.2) is 111 Å². The van der Waals surface area contributed by atoms with Gasteiger partial charge >= 0.3 is 6.09 Å². The zero-order chi connectivity index (χ0) is 44.9. The van der Waals surface area contributed by atoms with Gasteiger partial charge in [0.1, 0.15) is 23.7 Å². The van der Waals surface area contributed by atoms with Crippen LogP contribution in [-0.2, 0) is 41.7 Å². The van der Waals surface area contributed by atoms with E-state index < -0.39 is 18.2 Å². The monoisotopic (exact) mass is 862 g/mol. The minimum Gasteiger partial charge on any atom is -0.453 e. The van der Waals surface area contributed by atoms with Crippen molar-refractivity contribution in [3.05, 3.63) is 83.7 Å². The van der Waals surface area contributed by atoms with Gasteiger partial charge in [-0.2, -0.15) is 0 Å². The third-order valence-corrected chi connectivity index (χ3v) is 12.3. The van der Waals surface area contributed by atoms with E-state index in [-0.39, 0.29) is 48.2 Å². The first-order valence-electron chi connectivity index (χ1n) is 22.2. The number of methoxy groups -OCH3 is 1. The number of hydrogen-bond acceptors (Lipinski definition) is 9. The summed E-state index contributed by atoms with van der Waals surface area (Å²) in [6.45, 7) is 12.4. The first-order valence-corrected chi connectivity index (χ1v) is 22.2. The number of benzene rings is 2. The number of nitrogens with zero attached hydrogens (tertiary/aromatic N) is 4. The fourth-order valence-electron chi connectivity index (χ4n) is 8.08. The van der Waals surface area contributed by atoms with Gasteiger partial charge in [-0.1, -0.05) is 50.0 Å². The van der Waals surface area contributed by atoms with E-state index in [1.807, 2.05) is 81.1 Å². The maximum atomic E-state index is 14.1. The highest BCUT2D eigenvalue weighted by Crippen LogP contribution is 2.26. The number of amides is 4. The Labute approximate surface area is 370 Å².